The van der Waals surface area contributed by atoms with Gasteiger partial charge in [-0.05, 0) is 6.42 Å². The molecule has 0 rings (SSSR count). The molecule has 0 aromatic rings. The number of unbranched alkanes of at least 4 members (excludes halogenated alkanes) is 1. The summed E-state index contributed by atoms with van der Waals surface area (Å²) in [6.45, 7) is 4.06. The first kappa shape index (κ1) is 10.0. The van der Waals surface area contributed by atoms with E-state index in [2.05, 4.69) is 18.8 Å². The Morgan fingerprint density at radius 3 is 2.73 bits per heavy atom. The quantitative estimate of drug-likeness (QED) is 0.630. The Kier molecular flexibility index (Phi) is 5.28. The number of hydrogen-bond donors (Lipinski definition) is 1. The number of carboxylic acids is 1. The second kappa shape index (κ2) is 5.79. The summed E-state index contributed by atoms with van der Waals surface area (Å²) in [6.07, 6.45) is 3.26. The van der Waals surface area contributed by atoms with Gasteiger partial charge in [-0.3, -0.25) is 0 Å². The molecule has 0 aliphatic rings. The molecule has 2 nitrogen and oxygen atoms in total. The van der Waals surface area contributed by atoms with E-state index in [4.69, 9.17) is 5.11 Å². The largest absolute Gasteiger partial charge is 0.472 e. The molecule has 0 aliphatic carbocycles. The molecule has 0 aliphatic heterocycles. The summed E-state index contributed by atoms with van der Waals surface area (Å²) in [4.78, 5) is 10.0. The van der Waals surface area contributed by atoms with Crippen molar-refractivity contribution in [1.82, 2.24) is 0 Å². The lowest BCUT2D eigenvalue weighted by molar-refractivity contribution is -0.130. The van der Waals surface area contributed by atoms with Crippen LogP contribution < -0.4 is 0 Å². The number of hydrogen-bond acceptors (Lipinski definition) is 1. The van der Waals surface area contributed by atoms with E-state index in [1.165, 1.54) is 0 Å². The van der Waals surface area contributed by atoms with Crippen LogP contribution in [0.4, 0.5) is 0 Å². The highest BCUT2D eigenvalue weighted by molar-refractivity contribution is 5.86. The standard InChI is InChI=1S/C9H14O2/c1-3-4-5-8(2)6-7-9(10)11/h8H,3-5H2,1-2H3,(H,10,11). The summed E-state index contributed by atoms with van der Waals surface area (Å²) < 4.78 is 0. The smallest absolute Gasteiger partial charge is 0.381 e. The van der Waals surface area contributed by atoms with Crippen LogP contribution in [-0.4, -0.2) is 11.1 Å². The molecule has 1 N–H and O–H groups in total. The monoisotopic (exact) mass is 154 g/mol. The third kappa shape index (κ3) is 6.92. The first-order valence-corrected chi connectivity index (χ1v) is 3.91. The van der Waals surface area contributed by atoms with Crippen molar-refractivity contribution < 1.29 is 9.90 Å². The normalized spacial score (nSPS) is 11.5. The van der Waals surface area contributed by atoms with Crippen LogP contribution in [0.1, 0.15) is 33.1 Å². The summed E-state index contributed by atoms with van der Waals surface area (Å²) in [6, 6.07) is 0. The van der Waals surface area contributed by atoms with E-state index in [1.54, 1.807) is 0 Å². The third-order valence-corrected chi connectivity index (χ3v) is 1.42. The molecule has 0 fully saturated rings. The van der Waals surface area contributed by atoms with Crippen molar-refractivity contribution >= 4 is 5.97 Å². The van der Waals surface area contributed by atoms with Gasteiger partial charge in [0.05, 0.1) is 0 Å². The zero-order valence-electron chi connectivity index (χ0n) is 7.05. The lowest BCUT2D eigenvalue weighted by Crippen LogP contribution is -1.93. The van der Waals surface area contributed by atoms with Crippen LogP contribution in [-0.2, 0) is 4.79 Å². The molecule has 1 unspecified atom stereocenters. The van der Waals surface area contributed by atoms with Crippen LogP contribution in [0.3, 0.4) is 0 Å². The highest BCUT2D eigenvalue weighted by Gasteiger charge is 1.95. The Balaban J connectivity index is 3.61. The van der Waals surface area contributed by atoms with Gasteiger partial charge in [-0.2, -0.15) is 0 Å². The van der Waals surface area contributed by atoms with Crippen molar-refractivity contribution in [1.29, 1.82) is 0 Å². The Bertz CT molecular complexity index is 174. The highest BCUT2D eigenvalue weighted by atomic mass is 16.4. The number of carbonyl (C=O) groups is 1. The second-order valence-corrected chi connectivity index (χ2v) is 2.62. The maximum atomic E-state index is 10.0. The Morgan fingerprint density at radius 1 is 1.64 bits per heavy atom. The van der Waals surface area contributed by atoms with Gasteiger partial charge in [0.1, 0.15) is 0 Å². The van der Waals surface area contributed by atoms with Gasteiger partial charge < -0.3 is 5.11 Å². The minimum atomic E-state index is -1.03. The van der Waals surface area contributed by atoms with Gasteiger partial charge in [-0.15, -0.1) is 0 Å². The van der Waals surface area contributed by atoms with Gasteiger partial charge in [0, 0.05) is 11.8 Å². The molecule has 0 saturated carbocycles. The number of rotatable bonds is 3. The SMILES string of the molecule is CCCCC(C)C#CC(=O)O. The summed E-state index contributed by atoms with van der Waals surface area (Å²) >= 11 is 0. The molecule has 0 heterocycles. The van der Waals surface area contributed by atoms with Gasteiger partial charge in [-0.25, -0.2) is 4.79 Å². The van der Waals surface area contributed by atoms with E-state index in [-0.39, 0.29) is 5.92 Å². The van der Waals surface area contributed by atoms with Crippen molar-refractivity contribution in [3.63, 3.8) is 0 Å². The highest BCUT2D eigenvalue weighted by Crippen LogP contribution is 2.05. The van der Waals surface area contributed by atoms with Gasteiger partial charge in [0.15, 0.2) is 0 Å². The van der Waals surface area contributed by atoms with Crippen molar-refractivity contribution in [2.24, 2.45) is 5.92 Å². The first-order valence-electron chi connectivity index (χ1n) is 3.91. The van der Waals surface area contributed by atoms with Crippen molar-refractivity contribution in [2.45, 2.75) is 33.1 Å². The minimum absolute atomic E-state index is 0.214. The van der Waals surface area contributed by atoms with Crippen LogP contribution in [0.25, 0.3) is 0 Å². The average Bonchev–Trinajstić information content (AvgIpc) is 1.97. The van der Waals surface area contributed by atoms with Crippen LogP contribution in [0.5, 0.6) is 0 Å². The molecule has 0 radical (unpaired) electrons. The van der Waals surface area contributed by atoms with E-state index >= 15 is 0 Å². The lowest BCUT2D eigenvalue weighted by atomic mass is 10.1. The summed E-state index contributed by atoms with van der Waals surface area (Å²) in [7, 11) is 0. The molecule has 0 aromatic heterocycles. The van der Waals surface area contributed by atoms with Crippen LogP contribution in [0, 0.1) is 17.8 Å². The third-order valence-electron chi connectivity index (χ3n) is 1.42. The molecule has 0 amide bonds. The first-order chi connectivity index (χ1) is 5.16. The summed E-state index contributed by atoms with van der Waals surface area (Å²) in [5, 5.41) is 8.21. The Labute approximate surface area is 67.6 Å². The number of carboxylic acid groups (broad SMARTS) is 1. The van der Waals surface area contributed by atoms with E-state index in [9.17, 15) is 4.79 Å². The summed E-state index contributed by atoms with van der Waals surface area (Å²) in [5.41, 5.74) is 0. The maximum absolute atomic E-state index is 10.0. The molecular weight excluding hydrogens is 140 g/mol. The molecular formula is C9H14O2. The van der Waals surface area contributed by atoms with E-state index in [0.717, 1.165) is 19.3 Å². The van der Waals surface area contributed by atoms with Crippen LogP contribution >= 0.6 is 0 Å². The molecule has 0 spiro atoms. The predicted octanol–water partition coefficient (Wildman–Crippen LogP) is 1.90. The van der Waals surface area contributed by atoms with Crippen LogP contribution in [0.2, 0.25) is 0 Å². The topological polar surface area (TPSA) is 37.3 Å². The average molecular weight is 154 g/mol. The van der Waals surface area contributed by atoms with Gasteiger partial charge in [-0.1, -0.05) is 32.6 Å². The molecule has 0 bridgehead atoms. The zero-order chi connectivity index (χ0) is 8.69. The fourth-order valence-corrected chi connectivity index (χ4v) is 0.767. The molecule has 0 aromatic carbocycles. The predicted molar refractivity (Wildman–Crippen MR) is 44.1 cm³/mol. The lowest BCUT2D eigenvalue weighted by Gasteiger charge is -1.99. The Morgan fingerprint density at radius 2 is 2.27 bits per heavy atom. The fourth-order valence-electron chi connectivity index (χ4n) is 0.767. The number of aliphatic carboxylic acids is 1. The fraction of sp³-hybridized carbons (Fsp3) is 0.667. The van der Waals surface area contributed by atoms with E-state index < -0.39 is 5.97 Å². The molecule has 0 saturated heterocycles. The molecule has 11 heavy (non-hydrogen) atoms. The van der Waals surface area contributed by atoms with Gasteiger partial charge >= 0.3 is 5.97 Å². The Hall–Kier alpha value is -0.970. The van der Waals surface area contributed by atoms with E-state index in [0.29, 0.717) is 0 Å². The van der Waals surface area contributed by atoms with Crippen LogP contribution in [0.15, 0.2) is 0 Å². The maximum Gasteiger partial charge on any atom is 0.381 e. The molecule has 62 valence electrons. The summed E-state index contributed by atoms with van der Waals surface area (Å²) in [5.74, 6) is 3.97. The van der Waals surface area contributed by atoms with E-state index in [1.807, 2.05) is 6.92 Å². The molecule has 2 heteroatoms. The second-order valence-electron chi connectivity index (χ2n) is 2.62. The van der Waals surface area contributed by atoms with Gasteiger partial charge in [0.25, 0.3) is 0 Å². The zero-order valence-corrected chi connectivity index (χ0v) is 7.05. The van der Waals surface area contributed by atoms with Crippen molar-refractivity contribution in [3.05, 3.63) is 0 Å². The molecule has 1 atom stereocenters. The van der Waals surface area contributed by atoms with Crippen molar-refractivity contribution in [3.8, 4) is 11.8 Å². The van der Waals surface area contributed by atoms with Crippen molar-refractivity contribution in [2.75, 3.05) is 0 Å². The minimum Gasteiger partial charge on any atom is -0.472 e. The van der Waals surface area contributed by atoms with Gasteiger partial charge in [0.2, 0.25) is 0 Å².